The molecule has 2 rings (SSSR count). The van der Waals surface area contributed by atoms with E-state index >= 15 is 0 Å². The van der Waals surface area contributed by atoms with Crippen LogP contribution in [0, 0.1) is 9.39 Å². The van der Waals surface area contributed by atoms with E-state index < -0.39 is 0 Å². The predicted molar refractivity (Wildman–Crippen MR) is 95.3 cm³/mol. The van der Waals surface area contributed by atoms with Crippen molar-refractivity contribution < 1.29 is 9.13 Å². The van der Waals surface area contributed by atoms with Crippen LogP contribution >= 0.6 is 38.5 Å². The lowest BCUT2D eigenvalue weighted by Gasteiger charge is -2.19. The third-order valence-electron chi connectivity index (χ3n) is 3.36. The van der Waals surface area contributed by atoms with E-state index in [9.17, 15) is 4.39 Å². The molecule has 2 aromatic carbocycles. The van der Waals surface area contributed by atoms with Gasteiger partial charge in [0.2, 0.25) is 0 Å². The van der Waals surface area contributed by atoms with E-state index in [1.807, 2.05) is 31.3 Å². The van der Waals surface area contributed by atoms with Crippen LogP contribution in [0.2, 0.25) is 0 Å². The molecule has 0 aromatic heterocycles. The molecule has 0 saturated heterocycles. The van der Waals surface area contributed by atoms with E-state index in [0.29, 0.717) is 0 Å². The maximum atomic E-state index is 13.3. The molecule has 0 amide bonds. The average Bonchev–Trinajstić information content (AvgIpc) is 2.47. The van der Waals surface area contributed by atoms with Crippen molar-refractivity contribution in [3.05, 3.63) is 61.4 Å². The molecule has 1 N–H and O–H groups in total. The van der Waals surface area contributed by atoms with Gasteiger partial charge in [0, 0.05) is 14.1 Å². The zero-order valence-corrected chi connectivity index (χ0v) is 15.5. The molecule has 0 radical (unpaired) electrons. The Morgan fingerprint density at radius 1 is 1.29 bits per heavy atom. The van der Waals surface area contributed by atoms with Crippen molar-refractivity contribution >= 4 is 38.5 Å². The summed E-state index contributed by atoms with van der Waals surface area (Å²) in [6.45, 7) is 0. The molecule has 5 heteroatoms. The standard InChI is InChI=1S/C16H16BrFINO/c1-20-16(13-5-3-11(18)9-15(13)19)8-10-7-12(21-2)4-6-14(10)17/h3-7,9,16,20H,8H2,1-2H3. The van der Waals surface area contributed by atoms with Gasteiger partial charge in [0.05, 0.1) is 7.11 Å². The van der Waals surface area contributed by atoms with Crippen LogP contribution in [0.5, 0.6) is 5.75 Å². The summed E-state index contributed by atoms with van der Waals surface area (Å²) >= 11 is 5.75. The van der Waals surface area contributed by atoms with Crippen LogP contribution in [-0.4, -0.2) is 14.2 Å². The molecule has 2 aromatic rings. The van der Waals surface area contributed by atoms with Gasteiger partial charge in [0.25, 0.3) is 0 Å². The Kier molecular flexibility index (Phi) is 6.01. The Labute approximate surface area is 146 Å². The minimum absolute atomic E-state index is 0.112. The van der Waals surface area contributed by atoms with Crippen molar-refractivity contribution in [2.45, 2.75) is 12.5 Å². The van der Waals surface area contributed by atoms with Crippen LogP contribution in [0.1, 0.15) is 17.2 Å². The summed E-state index contributed by atoms with van der Waals surface area (Å²) in [4.78, 5) is 0. The van der Waals surface area contributed by atoms with Crippen LogP contribution in [0.4, 0.5) is 4.39 Å². The molecule has 0 saturated carbocycles. The second kappa shape index (κ2) is 7.56. The number of benzene rings is 2. The summed E-state index contributed by atoms with van der Waals surface area (Å²) in [5, 5.41) is 3.30. The molecular formula is C16H16BrFINO. The van der Waals surface area contributed by atoms with Crippen LogP contribution < -0.4 is 10.1 Å². The first kappa shape index (κ1) is 16.7. The van der Waals surface area contributed by atoms with E-state index in [-0.39, 0.29) is 11.9 Å². The molecule has 2 nitrogen and oxygen atoms in total. The second-order valence-electron chi connectivity index (χ2n) is 4.67. The lowest BCUT2D eigenvalue weighted by Crippen LogP contribution is -2.20. The lowest BCUT2D eigenvalue weighted by molar-refractivity contribution is 0.413. The summed E-state index contributed by atoms with van der Waals surface area (Å²) in [5.74, 6) is 0.623. The van der Waals surface area contributed by atoms with Crippen LogP contribution in [0.25, 0.3) is 0 Å². The van der Waals surface area contributed by atoms with Gasteiger partial charge < -0.3 is 10.1 Å². The number of nitrogens with one attached hydrogen (secondary N) is 1. The van der Waals surface area contributed by atoms with E-state index in [2.05, 4.69) is 43.8 Å². The summed E-state index contributed by atoms with van der Waals surface area (Å²) in [6.07, 6.45) is 0.788. The summed E-state index contributed by atoms with van der Waals surface area (Å²) in [5.41, 5.74) is 2.24. The Hall–Kier alpha value is -0.660. The maximum absolute atomic E-state index is 13.3. The number of halogens is 3. The molecule has 0 aliphatic carbocycles. The summed E-state index contributed by atoms with van der Waals surface area (Å²) in [7, 11) is 3.57. The summed E-state index contributed by atoms with van der Waals surface area (Å²) < 4.78 is 20.5. The third kappa shape index (κ3) is 4.17. The Bertz CT molecular complexity index is 636. The molecule has 0 aliphatic heterocycles. The molecule has 0 heterocycles. The number of methoxy groups -OCH3 is 1. The zero-order chi connectivity index (χ0) is 15.4. The van der Waals surface area contributed by atoms with Crippen molar-refractivity contribution in [2.24, 2.45) is 0 Å². The first-order chi connectivity index (χ1) is 10.0. The Balaban J connectivity index is 2.30. The molecule has 0 fully saturated rings. The van der Waals surface area contributed by atoms with Crippen LogP contribution in [-0.2, 0) is 6.42 Å². The Morgan fingerprint density at radius 3 is 2.67 bits per heavy atom. The van der Waals surface area contributed by atoms with Crippen molar-refractivity contribution in [1.29, 1.82) is 0 Å². The number of likely N-dealkylation sites (N-methyl/N-ethyl adjacent to an activating group) is 1. The highest BCUT2D eigenvalue weighted by Gasteiger charge is 2.15. The molecular weight excluding hydrogens is 448 g/mol. The fourth-order valence-corrected chi connectivity index (χ4v) is 3.47. The zero-order valence-electron chi connectivity index (χ0n) is 11.8. The molecule has 1 unspecified atom stereocenters. The number of hydrogen-bond acceptors (Lipinski definition) is 2. The lowest BCUT2D eigenvalue weighted by atomic mass is 9.99. The number of rotatable bonds is 5. The highest BCUT2D eigenvalue weighted by Crippen LogP contribution is 2.29. The SMILES string of the molecule is CNC(Cc1cc(OC)ccc1Br)c1ccc(F)cc1I. The number of hydrogen-bond donors (Lipinski definition) is 1. The van der Waals surface area contributed by atoms with Gasteiger partial charge in [-0.2, -0.15) is 0 Å². The monoisotopic (exact) mass is 463 g/mol. The van der Waals surface area contributed by atoms with Gasteiger partial charge in [-0.15, -0.1) is 0 Å². The van der Waals surface area contributed by atoms with Gasteiger partial charge in [-0.1, -0.05) is 22.0 Å². The minimum atomic E-state index is -0.208. The smallest absolute Gasteiger partial charge is 0.124 e. The van der Waals surface area contributed by atoms with Gasteiger partial charge in [-0.3, -0.25) is 0 Å². The van der Waals surface area contributed by atoms with Crippen molar-refractivity contribution in [3.63, 3.8) is 0 Å². The molecule has 0 bridgehead atoms. The van der Waals surface area contributed by atoms with E-state index in [0.717, 1.165) is 31.3 Å². The van der Waals surface area contributed by atoms with Crippen molar-refractivity contribution in [2.75, 3.05) is 14.2 Å². The fourth-order valence-electron chi connectivity index (χ4n) is 2.21. The second-order valence-corrected chi connectivity index (χ2v) is 6.69. The first-order valence-corrected chi connectivity index (χ1v) is 8.37. The van der Waals surface area contributed by atoms with Crippen molar-refractivity contribution in [1.82, 2.24) is 5.32 Å². The molecule has 21 heavy (non-hydrogen) atoms. The fraction of sp³-hybridized carbons (Fsp3) is 0.250. The van der Waals surface area contributed by atoms with Gasteiger partial charge in [0.15, 0.2) is 0 Å². The molecule has 1 atom stereocenters. The average molecular weight is 464 g/mol. The third-order valence-corrected chi connectivity index (χ3v) is 5.07. The van der Waals surface area contributed by atoms with Gasteiger partial charge in [-0.05, 0) is 77.5 Å². The highest BCUT2D eigenvalue weighted by atomic mass is 127. The summed E-state index contributed by atoms with van der Waals surface area (Å²) in [6, 6.07) is 10.9. The quantitative estimate of drug-likeness (QED) is 0.648. The normalized spacial score (nSPS) is 12.2. The first-order valence-electron chi connectivity index (χ1n) is 6.49. The minimum Gasteiger partial charge on any atom is -0.497 e. The van der Waals surface area contributed by atoms with Gasteiger partial charge in [0.1, 0.15) is 11.6 Å². The highest BCUT2D eigenvalue weighted by molar-refractivity contribution is 14.1. The molecule has 0 spiro atoms. The van der Waals surface area contributed by atoms with Crippen LogP contribution in [0.15, 0.2) is 40.9 Å². The maximum Gasteiger partial charge on any atom is 0.124 e. The van der Waals surface area contributed by atoms with E-state index in [1.165, 1.54) is 6.07 Å². The van der Waals surface area contributed by atoms with E-state index in [1.54, 1.807) is 13.2 Å². The van der Waals surface area contributed by atoms with Gasteiger partial charge in [-0.25, -0.2) is 4.39 Å². The Morgan fingerprint density at radius 2 is 2.05 bits per heavy atom. The molecule has 112 valence electrons. The molecule has 0 aliphatic rings. The number of ether oxygens (including phenoxy) is 1. The van der Waals surface area contributed by atoms with Crippen molar-refractivity contribution in [3.8, 4) is 5.75 Å². The van der Waals surface area contributed by atoms with Gasteiger partial charge >= 0.3 is 0 Å². The van der Waals surface area contributed by atoms with Crippen LogP contribution in [0.3, 0.4) is 0 Å². The topological polar surface area (TPSA) is 21.3 Å². The predicted octanol–water partition coefficient (Wildman–Crippen LogP) is 4.70. The largest absolute Gasteiger partial charge is 0.497 e. The van der Waals surface area contributed by atoms with E-state index in [4.69, 9.17) is 4.74 Å².